The highest BCUT2D eigenvalue weighted by molar-refractivity contribution is 6.79. The largest absolute Gasteiger partial charge is 0.443 e. The molecule has 7 nitrogen and oxygen atoms in total. The van der Waals surface area contributed by atoms with Gasteiger partial charge in [-0.2, -0.15) is 4.39 Å². The quantitative estimate of drug-likeness (QED) is 0.180. The van der Waals surface area contributed by atoms with Crippen LogP contribution in [0.15, 0.2) is 60.9 Å². The van der Waals surface area contributed by atoms with Crippen LogP contribution in [0.1, 0.15) is 64.3 Å². The number of carbonyl (C=O) groups is 1. The Hall–Kier alpha value is -3.27. The number of nitrogens with zero attached hydrogens (tertiary/aromatic N) is 4. The molecule has 4 aromatic rings. The Balaban J connectivity index is 1.74. The molecule has 1 atom stereocenters. The fraction of sp³-hybridized carbons (Fsp3) is 0.387. The Morgan fingerprint density at radius 2 is 1.73 bits per heavy atom. The molecule has 0 aliphatic heterocycles. The summed E-state index contributed by atoms with van der Waals surface area (Å²) in [6.07, 6.45) is 1.67. The van der Waals surface area contributed by atoms with Crippen LogP contribution in [-0.4, -0.2) is 39.2 Å². The lowest BCUT2D eigenvalue weighted by Gasteiger charge is -2.38. The van der Waals surface area contributed by atoms with E-state index in [1.807, 2.05) is 18.3 Å². The normalized spacial score (nSPS) is 13.3. The van der Waals surface area contributed by atoms with Crippen LogP contribution in [-0.2, 0) is 11.3 Å². The Morgan fingerprint density at radius 3 is 2.32 bits per heavy atom. The number of halogens is 2. The number of carbonyl (C=O) groups excluding carboxylic acids is 1. The fourth-order valence-corrected chi connectivity index (χ4v) is 6.39. The molecule has 1 amide bonds. The van der Waals surface area contributed by atoms with Crippen LogP contribution in [0.4, 0.5) is 15.0 Å². The van der Waals surface area contributed by atoms with E-state index in [-0.39, 0.29) is 23.0 Å². The van der Waals surface area contributed by atoms with Crippen molar-refractivity contribution < 1.29 is 19.0 Å². The van der Waals surface area contributed by atoms with E-state index in [0.717, 1.165) is 16.6 Å². The standard InChI is InChI=1S/C31H38ClFN4O3Si/c1-30(2,3)40-29(39)36(18-20-11-13-21(32)14-12-20)25-16-15-23(27(33)35-25)26(38)24-19-37(41(7,8)31(4,5)6)28-22(24)10-9-17-34-28/h9-17,19,26,38H,18H2,1-8H3. The van der Waals surface area contributed by atoms with Gasteiger partial charge in [0.15, 0.2) is 8.24 Å². The molecule has 0 bridgehead atoms. The summed E-state index contributed by atoms with van der Waals surface area (Å²) in [5.41, 5.74) is 1.31. The second kappa shape index (κ2) is 11.2. The third-order valence-electron chi connectivity index (χ3n) is 7.63. The van der Waals surface area contributed by atoms with Crippen LogP contribution in [0.5, 0.6) is 0 Å². The van der Waals surface area contributed by atoms with Gasteiger partial charge in [-0.3, -0.25) is 4.90 Å². The van der Waals surface area contributed by atoms with Crippen LogP contribution in [0.25, 0.3) is 11.0 Å². The number of benzene rings is 1. The van der Waals surface area contributed by atoms with Crippen LogP contribution >= 0.6 is 11.6 Å². The molecule has 0 radical (unpaired) electrons. The third kappa shape index (κ3) is 6.47. The Morgan fingerprint density at radius 1 is 1.07 bits per heavy atom. The number of pyridine rings is 2. The summed E-state index contributed by atoms with van der Waals surface area (Å²) in [5, 5.41) is 12.8. The maximum Gasteiger partial charge on any atom is 0.416 e. The van der Waals surface area contributed by atoms with Crippen molar-refractivity contribution >= 4 is 42.8 Å². The molecule has 0 saturated carbocycles. The summed E-state index contributed by atoms with van der Waals surface area (Å²) in [5.74, 6) is -0.815. The lowest BCUT2D eigenvalue weighted by Crippen LogP contribution is -2.45. The molecule has 0 saturated heterocycles. The smallest absolute Gasteiger partial charge is 0.416 e. The first-order valence-electron chi connectivity index (χ1n) is 13.6. The molecule has 0 fully saturated rings. The van der Waals surface area contributed by atoms with Crippen LogP contribution in [0, 0.1) is 5.95 Å². The highest BCUT2D eigenvalue weighted by Gasteiger charge is 2.39. The minimum Gasteiger partial charge on any atom is -0.443 e. The summed E-state index contributed by atoms with van der Waals surface area (Å²) in [6.45, 7) is 16.5. The van der Waals surface area contributed by atoms with Crippen molar-refractivity contribution in [2.45, 2.75) is 77.9 Å². The molecule has 3 heterocycles. The number of aliphatic hydroxyl groups excluding tert-OH is 1. The summed E-state index contributed by atoms with van der Waals surface area (Å²) in [7, 11) is -2.11. The number of rotatable bonds is 6. The molecule has 0 aliphatic carbocycles. The second-order valence-electron chi connectivity index (χ2n) is 12.8. The average molecular weight is 597 g/mol. The topological polar surface area (TPSA) is 80.5 Å². The molecule has 3 aromatic heterocycles. The highest BCUT2D eigenvalue weighted by atomic mass is 35.5. The van der Waals surface area contributed by atoms with E-state index in [1.165, 1.54) is 17.0 Å². The van der Waals surface area contributed by atoms with E-state index in [1.54, 1.807) is 51.2 Å². The van der Waals surface area contributed by atoms with Crippen LogP contribution in [0.3, 0.4) is 0 Å². The van der Waals surface area contributed by atoms with Gasteiger partial charge in [-0.05, 0) is 67.8 Å². The van der Waals surface area contributed by atoms with Gasteiger partial charge in [0.1, 0.15) is 23.2 Å². The van der Waals surface area contributed by atoms with Crippen molar-refractivity contribution in [1.29, 1.82) is 0 Å². The molecule has 1 aromatic carbocycles. The number of hydrogen-bond donors (Lipinski definition) is 1. The first-order chi connectivity index (χ1) is 19.0. The Labute approximate surface area is 247 Å². The summed E-state index contributed by atoms with van der Waals surface area (Å²) in [6, 6.07) is 13.7. The van der Waals surface area contributed by atoms with E-state index in [9.17, 15) is 9.90 Å². The lowest BCUT2D eigenvalue weighted by molar-refractivity contribution is 0.0576. The van der Waals surface area contributed by atoms with E-state index in [4.69, 9.17) is 16.3 Å². The van der Waals surface area contributed by atoms with Gasteiger partial charge in [0, 0.05) is 33.9 Å². The SMILES string of the molecule is CC(C)(C)OC(=O)N(Cc1ccc(Cl)cc1)c1ccc(C(O)c2cn([Si](C)(C)C(C)(C)C)c3ncccc23)c(F)n1. The fourth-order valence-electron chi connectivity index (χ4n) is 4.38. The van der Waals surface area contributed by atoms with E-state index >= 15 is 4.39 Å². The van der Waals surface area contributed by atoms with Crippen molar-refractivity contribution in [2.24, 2.45) is 0 Å². The van der Waals surface area contributed by atoms with E-state index in [2.05, 4.69) is 48.1 Å². The average Bonchev–Trinajstić information content (AvgIpc) is 3.26. The summed E-state index contributed by atoms with van der Waals surface area (Å²) in [4.78, 5) is 23.2. The van der Waals surface area contributed by atoms with Gasteiger partial charge >= 0.3 is 6.09 Å². The molecule has 0 spiro atoms. The van der Waals surface area contributed by atoms with Crippen LogP contribution in [0.2, 0.25) is 23.2 Å². The number of aromatic nitrogens is 3. The zero-order valence-electron chi connectivity index (χ0n) is 24.9. The van der Waals surface area contributed by atoms with Gasteiger partial charge < -0.3 is 14.1 Å². The van der Waals surface area contributed by atoms with Gasteiger partial charge in [-0.15, -0.1) is 0 Å². The third-order valence-corrected chi connectivity index (χ3v) is 13.1. The molecule has 10 heteroatoms. The molecule has 218 valence electrons. The molecule has 4 rings (SSSR count). The van der Waals surface area contributed by atoms with Crippen molar-refractivity contribution in [3.8, 4) is 0 Å². The molecule has 0 aliphatic rings. The summed E-state index contributed by atoms with van der Waals surface area (Å²) >= 11 is 6.02. The molecular formula is C31H38ClFN4O3Si. The number of anilines is 1. The molecule has 1 unspecified atom stereocenters. The van der Waals surface area contributed by atoms with Crippen molar-refractivity contribution in [1.82, 2.24) is 14.2 Å². The van der Waals surface area contributed by atoms with Gasteiger partial charge in [0.2, 0.25) is 5.95 Å². The van der Waals surface area contributed by atoms with Crippen LogP contribution < -0.4 is 4.90 Å². The number of fused-ring (bicyclic) bond motifs is 1. The predicted octanol–water partition coefficient (Wildman–Crippen LogP) is 8.10. The first-order valence-corrected chi connectivity index (χ1v) is 16.9. The van der Waals surface area contributed by atoms with Gasteiger partial charge in [-0.1, -0.05) is 57.6 Å². The van der Waals surface area contributed by atoms with E-state index in [0.29, 0.717) is 10.6 Å². The summed E-state index contributed by atoms with van der Waals surface area (Å²) < 4.78 is 23.5. The van der Waals surface area contributed by atoms with Gasteiger partial charge in [0.05, 0.1) is 6.54 Å². The maximum absolute atomic E-state index is 15.7. The highest BCUT2D eigenvalue weighted by Crippen LogP contribution is 2.41. The lowest BCUT2D eigenvalue weighted by atomic mass is 10.0. The molecule has 1 N–H and O–H groups in total. The maximum atomic E-state index is 15.7. The zero-order valence-corrected chi connectivity index (χ0v) is 26.6. The van der Waals surface area contributed by atoms with Crippen molar-refractivity contribution in [2.75, 3.05) is 4.90 Å². The minimum absolute atomic E-state index is 0.00233. The Kier molecular flexibility index (Phi) is 8.37. The Bertz CT molecular complexity index is 1560. The number of aliphatic hydroxyl groups is 1. The number of ether oxygens (including phenoxy) is 1. The zero-order chi connectivity index (χ0) is 30.3. The number of hydrogen-bond acceptors (Lipinski definition) is 5. The first kappa shape index (κ1) is 30.7. The van der Waals surface area contributed by atoms with Crippen molar-refractivity contribution in [3.63, 3.8) is 0 Å². The minimum atomic E-state index is -2.11. The van der Waals surface area contributed by atoms with Gasteiger partial charge in [0.25, 0.3) is 0 Å². The van der Waals surface area contributed by atoms with E-state index < -0.39 is 32.0 Å². The second-order valence-corrected chi connectivity index (χ2v) is 18.3. The van der Waals surface area contributed by atoms with Gasteiger partial charge in [-0.25, -0.2) is 14.8 Å². The molecule has 41 heavy (non-hydrogen) atoms. The monoisotopic (exact) mass is 596 g/mol. The predicted molar refractivity (Wildman–Crippen MR) is 164 cm³/mol. The molecular weight excluding hydrogens is 559 g/mol. The van der Waals surface area contributed by atoms with Crippen molar-refractivity contribution in [3.05, 3.63) is 88.6 Å². The number of amides is 1.